The van der Waals surface area contributed by atoms with Crippen LogP contribution in [-0.2, 0) is 17.8 Å². The summed E-state index contributed by atoms with van der Waals surface area (Å²) < 4.78 is 8.03. The number of pyridine rings is 1. The molecule has 1 amide bonds. The van der Waals surface area contributed by atoms with Crippen LogP contribution in [0.25, 0.3) is 0 Å². The number of anilines is 1. The minimum atomic E-state index is -0.0958. The smallest absolute Gasteiger partial charge is 0.230 e. The van der Waals surface area contributed by atoms with Gasteiger partial charge in [0.2, 0.25) is 5.91 Å². The summed E-state index contributed by atoms with van der Waals surface area (Å²) in [6.45, 7) is 9.87. The van der Waals surface area contributed by atoms with Crippen LogP contribution in [0.15, 0.2) is 18.3 Å². The number of ether oxygens (including phenoxy) is 1. The number of nitrogens with one attached hydrogen (secondary N) is 1. The molecule has 158 valence electrons. The van der Waals surface area contributed by atoms with Gasteiger partial charge in [0, 0.05) is 24.0 Å². The highest BCUT2D eigenvalue weighted by molar-refractivity contribution is 5.92. The zero-order chi connectivity index (χ0) is 20.8. The third-order valence-corrected chi connectivity index (χ3v) is 5.63. The minimum absolute atomic E-state index is 0.0958. The highest BCUT2D eigenvalue weighted by Gasteiger charge is 2.18. The van der Waals surface area contributed by atoms with Gasteiger partial charge in [-0.2, -0.15) is 5.10 Å². The van der Waals surface area contributed by atoms with E-state index in [2.05, 4.69) is 29.2 Å². The van der Waals surface area contributed by atoms with Crippen molar-refractivity contribution in [2.24, 2.45) is 11.8 Å². The van der Waals surface area contributed by atoms with E-state index in [9.17, 15) is 4.79 Å². The summed E-state index contributed by atoms with van der Waals surface area (Å²) in [6, 6.07) is 3.72. The number of carbonyl (C=O) groups is 1. The molecule has 0 bridgehead atoms. The molecule has 1 aliphatic rings. The van der Waals surface area contributed by atoms with Gasteiger partial charge < -0.3 is 10.1 Å². The van der Waals surface area contributed by atoms with Gasteiger partial charge in [0.15, 0.2) is 11.6 Å². The van der Waals surface area contributed by atoms with Crippen LogP contribution in [0.2, 0.25) is 0 Å². The van der Waals surface area contributed by atoms with Crippen LogP contribution in [0.3, 0.4) is 0 Å². The summed E-state index contributed by atoms with van der Waals surface area (Å²) >= 11 is 0. The molecule has 0 radical (unpaired) electrons. The number of hydrogen-bond donors (Lipinski definition) is 1. The molecular formula is C23H34N4O2. The van der Waals surface area contributed by atoms with Gasteiger partial charge in [0.05, 0.1) is 18.7 Å². The Kier molecular flexibility index (Phi) is 7.29. The lowest BCUT2D eigenvalue weighted by Crippen LogP contribution is -2.19. The molecule has 0 atom stereocenters. The van der Waals surface area contributed by atoms with Crippen LogP contribution in [-0.4, -0.2) is 27.3 Å². The molecule has 0 aromatic carbocycles. The van der Waals surface area contributed by atoms with Crippen LogP contribution >= 0.6 is 0 Å². The van der Waals surface area contributed by atoms with E-state index in [-0.39, 0.29) is 12.3 Å². The number of amides is 1. The van der Waals surface area contributed by atoms with Crippen molar-refractivity contribution in [2.45, 2.75) is 72.8 Å². The highest BCUT2D eigenvalue weighted by atomic mass is 16.5. The number of aryl methyl sites for hydroxylation is 1. The Morgan fingerprint density at radius 3 is 2.76 bits per heavy atom. The number of aromatic nitrogens is 3. The summed E-state index contributed by atoms with van der Waals surface area (Å²) in [5, 5.41) is 7.54. The SMILES string of the molecule is Cc1nn(CC(C)C)c(C)c1CC(=O)Nc1ncccc1OCC1CCCCC1. The van der Waals surface area contributed by atoms with Gasteiger partial charge in [-0.15, -0.1) is 0 Å². The zero-order valence-electron chi connectivity index (χ0n) is 18.2. The van der Waals surface area contributed by atoms with E-state index in [1.54, 1.807) is 6.20 Å². The first-order valence-corrected chi connectivity index (χ1v) is 10.8. The molecule has 2 heterocycles. The van der Waals surface area contributed by atoms with Gasteiger partial charge in [-0.3, -0.25) is 9.48 Å². The Hall–Kier alpha value is -2.37. The molecule has 0 spiro atoms. The van der Waals surface area contributed by atoms with E-state index in [0.29, 0.717) is 30.0 Å². The topological polar surface area (TPSA) is 69.0 Å². The van der Waals surface area contributed by atoms with Gasteiger partial charge >= 0.3 is 0 Å². The maximum absolute atomic E-state index is 12.7. The fraction of sp³-hybridized carbons (Fsp3) is 0.609. The molecule has 0 aliphatic heterocycles. The second-order valence-electron chi connectivity index (χ2n) is 8.62. The average Bonchev–Trinajstić information content (AvgIpc) is 2.95. The molecule has 1 aliphatic carbocycles. The van der Waals surface area contributed by atoms with Crippen molar-refractivity contribution < 1.29 is 9.53 Å². The van der Waals surface area contributed by atoms with Crippen molar-refractivity contribution in [3.63, 3.8) is 0 Å². The second kappa shape index (κ2) is 9.90. The Bertz CT molecular complexity index is 822. The third kappa shape index (κ3) is 5.81. The largest absolute Gasteiger partial charge is 0.489 e. The average molecular weight is 399 g/mol. The summed E-state index contributed by atoms with van der Waals surface area (Å²) in [4.78, 5) is 17.1. The first kappa shape index (κ1) is 21.3. The number of carbonyl (C=O) groups excluding carboxylic acids is 1. The van der Waals surface area contributed by atoms with E-state index in [4.69, 9.17) is 4.74 Å². The maximum Gasteiger partial charge on any atom is 0.230 e. The summed E-state index contributed by atoms with van der Waals surface area (Å²) in [5.74, 6) is 2.16. The van der Waals surface area contributed by atoms with Crippen molar-refractivity contribution in [3.05, 3.63) is 35.3 Å². The van der Waals surface area contributed by atoms with Crippen molar-refractivity contribution in [1.82, 2.24) is 14.8 Å². The molecule has 0 saturated heterocycles. The van der Waals surface area contributed by atoms with Gasteiger partial charge in [-0.05, 0) is 50.7 Å². The molecule has 2 aromatic heterocycles. The van der Waals surface area contributed by atoms with Crippen LogP contribution < -0.4 is 10.1 Å². The van der Waals surface area contributed by atoms with Crippen molar-refractivity contribution in [3.8, 4) is 5.75 Å². The standard InChI is InChI=1S/C23H34N4O2/c1-16(2)14-27-18(4)20(17(3)26-27)13-22(28)25-23-21(11-8-12-24-23)29-15-19-9-6-5-7-10-19/h8,11-12,16,19H,5-7,9-10,13-15H2,1-4H3,(H,24,25,28). The van der Waals surface area contributed by atoms with Gasteiger partial charge in [-0.1, -0.05) is 33.1 Å². The van der Waals surface area contributed by atoms with Crippen molar-refractivity contribution in [2.75, 3.05) is 11.9 Å². The Labute approximate surface area is 174 Å². The Balaban J connectivity index is 1.63. The fourth-order valence-electron chi connectivity index (χ4n) is 4.01. The predicted octanol–water partition coefficient (Wildman–Crippen LogP) is 4.69. The lowest BCUT2D eigenvalue weighted by molar-refractivity contribution is -0.115. The van der Waals surface area contributed by atoms with E-state index < -0.39 is 0 Å². The molecule has 29 heavy (non-hydrogen) atoms. The first-order valence-electron chi connectivity index (χ1n) is 10.8. The summed E-state index contributed by atoms with van der Waals surface area (Å²) in [5.41, 5.74) is 2.96. The van der Waals surface area contributed by atoms with Crippen molar-refractivity contribution >= 4 is 11.7 Å². The molecule has 3 rings (SSSR count). The second-order valence-corrected chi connectivity index (χ2v) is 8.62. The summed E-state index contributed by atoms with van der Waals surface area (Å²) in [6.07, 6.45) is 8.31. The van der Waals surface area contributed by atoms with E-state index in [1.165, 1.54) is 32.1 Å². The fourth-order valence-corrected chi connectivity index (χ4v) is 4.01. The van der Waals surface area contributed by atoms with Crippen LogP contribution in [0.4, 0.5) is 5.82 Å². The Morgan fingerprint density at radius 2 is 2.03 bits per heavy atom. The molecule has 1 N–H and O–H groups in total. The quantitative estimate of drug-likeness (QED) is 0.700. The van der Waals surface area contributed by atoms with Gasteiger partial charge in [0.1, 0.15) is 0 Å². The minimum Gasteiger partial charge on any atom is -0.489 e. The van der Waals surface area contributed by atoms with Crippen molar-refractivity contribution in [1.29, 1.82) is 0 Å². The molecule has 1 saturated carbocycles. The lowest BCUT2D eigenvalue weighted by Gasteiger charge is -2.22. The first-order chi connectivity index (χ1) is 13.9. The molecule has 6 nitrogen and oxygen atoms in total. The molecule has 0 unspecified atom stereocenters. The molecule has 2 aromatic rings. The zero-order valence-corrected chi connectivity index (χ0v) is 18.2. The van der Waals surface area contributed by atoms with E-state index in [1.807, 2.05) is 30.7 Å². The lowest BCUT2D eigenvalue weighted by atomic mass is 9.90. The predicted molar refractivity (Wildman–Crippen MR) is 115 cm³/mol. The monoisotopic (exact) mass is 398 g/mol. The molecule has 1 fully saturated rings. The van der Waals surface area contributed by atoms with Gasteiger partial charge in [0.25, 0.3) is 0 Å². The van der Waals surface area contributed by atoms with Crippen LogP contribution in [0, 0.1) is 25.7 Å². The highest BCUT2D eigenvalue weighted by Crippen LogP contribution is 2.27. The molecule has 6 heteroatoms. The summed E-state index contributed by atoms with van der Waals surface area (Å²) in [7, 11) is 0. The van der Waals surface area contributed by atoms with Gasteiger partial charge in [-0.25, -0.2) is 4.98 Å². The normalized spacial score (nSPS) is 14.9. The Morgan fingerprint density at radius 1 is 1.28 bits per heavy atom. The van der Waals surface area contributed by atoms with Crippen LogP contribution in [0.1, 0.15) is 62.9 Å². The number of hydrogen-bond acceptors (Lipinski definition) is 4. The number of rotatable bonds is 8. The van der Waals surface area contributed by atoms with Crippen LogP contribution in [0.5, 0.6) is 5.75 Å². The number of nitrogens with zero attached hydrogens (tertiary/aromatic N) is 3. The third-order valence-electron chi connectivity index (χ3n) is 5.63. The maximum atomic E-state index is 12.7. The molecular weight excluding hydrogens is 364 g/mol. The van der Waals surface area contributed by atoms with E-state index >= 15 is 0 Å². The van der Waals surface area contributed by atoms with E-state index in [0.717, 1.165) is 23.5 Å².